The van der Waals surface area contributed by atoms with Gasteiger partial charge in [0.25, 0.3) is 0 Å². The van der Waals surface area contributed by atoms with Crippen molar-refractivity contribution in [1.82, 2.24) is 0 Å². The summed E-state index contributed by atoms with van der Waals surface area (Å²) < 4.78 is 1.06. The van der Waals surface area contributed by atoms with Crippen LogP contribution < -0.4 is 4.90 Å². The van der Waals surface area contributed by atoms with E-state index in [0.29, 0.717) is 5.88 Å². The molecule has 0 saturated carbocycles. The van der Waals surface area contributed by atoms with E-state index in [9.17, 15) is 0 Å². The Morgan fingerprint density at radius 3 is 2.37 bits per heavy atom. The number of nitrogens with zero attached hydrogens (tertiary/aromatic N) is 1. The molecule has 3 heteroatoms. The maximum Gasteiger partial charge on any atom is 0.0495 e. The molecule has 0 aliphatic carbocycles. The molecule has 2 rings (SSSR count). The van der Waals surface area contributed by atoms with Crippen LogP contribution in [0.25, 0.3) is 0 Å². The first-order valence-electron chi connectivity index (χ1n) is 6.32. The van der Waals surface area contributed by atoms with E-state index in [1.165, 1.54) is 11.3 Å². The van der Waals surface area contributed by atoms with Gasteiger partial charge >= 0.3 is 0 Å². The predicted molar refractivity (Wildman–Crippen MR) is 87.6 cm³/mol. The highest BCUT2D eigenvalue weighted by atomic mass is 79.9. The van der Waals surface area contributed by atoms with Crippen LogP contribution in [0.2, 0.25) is 0 Å². The van der Waals surface area contributed by atoms with Crippen molar-refractivity contribution in [3.63, 3.8) is 0 Å². The van der Waals surface area contributed by atoms with Crippen molar-refractivity contribution >= 4 is 38.9 Å². The van der Waals surface area contributed by atoms with Crippen LogP contribution in [0, 0.1) is 0 Å². The molecule has 0 fully saturated rings. The van der Waals surface area contributed by atoms with E-state index < -0.39 is 0 Å². The van der Waals surface area contributed by atoms with Crippen LogP contribution in [0.3, 0.4) is 0 Å². The molecule has 1 nitrogen and oxygen atoms in total. The van der Waals surface area contributed by atoms with Gasteiger partial charge in [0.05, 0.1) is 0 Å². The standard InChI is InChI=1S/C16H17BrClN/c1-3-12-4-7-15(8-5-12)19(2)16-9-6-14(17)10-13(16)11-18/h4-10H,3,11H2,1-2H3. The SMILES string of the molecule is CCc1ccc(N(C)c2ccc(Br)cc2CCl)cc1. The van der Waals surface area contributed by atoms with Gasteiger partial charge < -0.3 is 4.90 Å². The molecule has 0 spiro atoms. The molecule has 0 N–H and O–H groups in total. The molecule has 100 valence electrons. The molecule has 0 aliphatic rings. The number of rotatable bonds is 4. The van der Waals surface area contributed by atoms with Crippen LogP contribution >= 0.6 is 27.5 Å². The zero-order valence-electron chi connectivity index (χ0n) is 11.2. The molecule has 2 aromatic rings. The Balaban J connectivity index is 2.34. The second-order valence-electron chi connectivity index (χ2n) is 4.49. The molecule has 0 aromatic heterocycles. The lowest BCUT2D eigenvalue weighted by molar-refractivity contribution is 1.12. The lowest BCUT2D eigenvalue weighted by Gasteiger charge is -2.22. The van der Waals surface area contributed by atoms with Crippen molar-refractivity contribution in [2.24, 2.45) is 0 Å². The van der Waals surface area contributed by atoms with E-state index >= 15 is 0 Å². The maximum atomic E-state index is 6.04. The fraction of sp³-hybridized carbons (Fsp3) is 0.250. The lowest BCUT2D eigenvalue weighted by atomic mass is 10.1. The second kappa shape index (κ2) is 6.44. The van der Waals surface area contributed by atoms with E-state index in [0.717, 1.165) is 22.1 Å². The summed E-state index contributed by atoms with van der Waals surface area (Å²) in [7, 11) is 2.07. The first kappa shape index (κ1) is 14.4. The number of halogens is 2. The van der Waals surface area contributed by atoms with Gasteiger partial charge in [0.15, 0.2) is 0 Å². The zero-order valence-corrected chi connectivity index (χ0v) is 13.5. The van der Waals surface area contributed by atoms with Crippen LogP contribution in [-0.2, 0) is 12.3 Å². The monoisotopic (exact) mass is 337 g/mol. The van der Waals surface area contributed by atoms with Crippen molar-refractivity contribution in [2.75, 3.05) is 11.9 Å². The van der Waals surface area contributed by atoms with E-state index in [4.69, 9.17) is 11.6 Å². The molecule has 0 amide bonds. The molecule has 0 radical (unpaired) electrons. The van der Waals surface area contributed by atoms with Gasteiger partial charge in [-0.3, -0.25) is 0 Å². The normalized spacial score (nSPS) is 10.5. The predicted octanol–water partition coefficient (Wildman–Crippen LogP) is 5.52. The van der Waals surface area contributed by atoms with Crippen molar-refractivity contribution in [1.29, 1.82) is 0 Å². The van der Waals surface area contributed by atoms with Gasteiger partial charge in [0, 0.05) is 28.8 Å². The molecule has 0 aliphatic heterocycles. The average Bonchev–Trinajstić information content (AvgIpc) is 2.46. The van der Waals surface area contributed by atoms with Gasteiger partial charge in [-0.2, -0.15) is 0 Å². The first-order chi connectivity index (χ1) is 9.15. The summed E-state index contributed by atoms with van der Waals surface area (Å²) in [5, 5.41) is 0. The first-order valence-corrected chi connectivity index (χ1v) is 7.65. The molecule has 0 bridgehead atoms. The summed E-state index contributed by atoms with van der Waals surface area (Å²) in [6.45, 7) is 2.17. The quantitative estimate of drug-likeness (QED) is 0.664. The Bertz CT molecular complexity index is 551. The Hall–Kier alpha value is -0.990. The highest BCUT2D eigenvalue weighted by Crippen LogP contribution is 2.30. The third-order valence-corrected chi connectivity index (χ3v) is 4.06. The zero-order chi connectivity index (χ0) is 13.8. The molecule has 2 aromatic carbocycles. The van der Waals surface area contributed by atoms with Gasteiger partial charge in [-0.15, -0.1) is 11.6 Å². The fourth-order valence-electron chi connectivity index (χ4n) is 2.08. The van der Waals surface area contributed by atoms with E-state index in [-0.39, 0.29) is 0 Å². The van der Waals surface area contributed by atoms with Crippen LogP contribution in [0.4, 0.5) is 11.4 Å². The number of alkyl halides is 1. The molecule has 0 unspecified atom stereocenters. The minimum Gasteiger partial charge on any atom is -0.344 e. The van der Waals surface area contributed by atoms with E-state index in [2.05, 4.69) is 71.2 Å². The van der Waals surface area contributed by atoms with Crippen LogP contribution in [0.1, 0.15) is 18.1 Å². The lowest BCUT2D eigenvalue weighted by Crippen LogP contribution is -2.11. The van der Waals surface area contributed by atoms with E-state index in [1.807, 2.05) is 6.07 Å². The molecule has 0 atom stereocenters. The minimum atomic E-state index is 0.506. The van der Waals surface area contributed by atoms with Crippen LogP contribution in [-0.4, -0.2) is 7.05 Å². The smallest absolute Gasteiger partial charge is 0.0495 e. The molecule has 0 saturated heterocycles. The summed E-state index contributed by atoms with van der Waals surface area (Å²) in [6.07, 6.45) is 1.06. The second-order valence-corrected chi connectivity index (χ2v) is 5.67. The van der Waals surface area contributed by atoms with E-state index in [1.54, 1.807) is 0 Å². The topological polar surface area (TPSA) is 3.24 Å². The number of anilines is 2. The highest BCUT2D eigenvalue weighted by molar-refractivity contribution is 9.10. The summed E-state index contributed by atoms with van der Waals surface area (Å²) in [5.74, 6) is 0.506. The molecule has 19 heavy (non-hydrogen) atoms. The van der Waals surface area contributed by atoms with Gasteiger partial charge in [-0.1, -0.05) is 35.0 Å². The van der Waals surface area contributed by atoms with Crippen molar-refractivity contribution in [3.8, 4) is 0 Å². The molecule has 0 heterocycles. The summed E-state index contributed by atoms with van der Waals surface area (Å²) in [6, 6.07) is 14.9. The summed E-state index contributed by atoms with van der Waals surface area (Å²) in [4.78, 5) is 2.17. The maximum absolute atomic E-state index is 6.04. The van der Waals surface area contributed by atoms with Crippen molar-refractivity contribution < 1.29 is 0 Å². The largest absolute Gasteiger partial charge is 0.344 e. The summed E-state index contributed by atoms with van der Waals surface area (Å²) in [5.41, 5.74) is 4.79. The minimum absolute atomic E-state index is 0.506. The number of hydrogen-bond acceptors (Lipinski definition) is 1. The average molecular weight is 339 g/mol. The summed E-state index contributed by atoms with van der Waals surface area (Å²) >= 11 is 9.52. The van der Waals surface area contributed by atoms with Gasteiger partial charge in [0.2, 0.25) is 0 Å². The molecular weight excluding hydrogens is 322 g/mol. The van der Waals surface area contributed by atoms with Crippen LogP contribution in [0.15, 0.2) is 46.9 Å². The van der Waals surface area contributed by atoms with Gasteiger partial charge in [-0.05, 0) is 47.9 Å². The Morgan fingerprint density at radius 1 is 1.11 bits per heavy atom. The fourth-order valence-corrected chi connectivity index (χ4v) is 2.71. The Labute approximate surface area is 128 Å². The van der Waals surface area contributed by atoms with Gasteiger partial charge in [-0.25, -0.2) is 0 Å². The third kappa shape index (κ3) is 3.31. The number of benzene rings is 2. The number of aryl methyl sites for hydroxylation is 1. The van der Waals surface area contributed by atoms with Crippen molar-refractivity contribution in [2.45, 2.75) is 19.2 Å². The molecular formula is C16H17BrClN. The number of hydrogen-bond donors (Lipinski definition) is 0. The third-order valence-electron chi connectivity index (χ3n) is 3.28. The van der Waals surface area contributed by atoms with Crippen LogP contribution in [0.5, 0.6) is 0 Å². The Kier molecular flexibility index (Phi) is 4.89. The van der Waals surface area contributed by atoms with Crippen molar-refractivity contribution in [3.05, 3.63) is 58.1 Å². The van der Waals surface area contributed by atoms with Gasteiger partial charge in [0.1, 0.15) is 0 Å². The highest BCUT2D eigenvalue weighted by Gasteiger charge is 2.09. The Morgan fingerprint density at radius 2 is 1.79 bits per heavy atom.